The number of halogens is 3. The van der Waals surface area contributed by atoms with Crippen LogP contribution in [0, 0.1) is 0 Å². The van der Waals surface area contributed by atoms with E-state index < -0.39 is 33.3 Å². The van der Waals surface area contributed by atoms with E-state index in [9.17, 15) is 26.4 Å². The van der Waals surface area contributed by atoms with E-state index in [0.717, 1.165) is 18.5 Å². The molecule has 0 N–H and O–H groups in total. The van der Waals surface area contributed by atoms with Gasteiger partial charge in [0.15, 0.2) is 0 Å². The van der Waals surface area contributed by atoms with Gasteiger partial charge in [-0.15, -0.1) is 0 Å². The Kier molecular flexibility index (Phi) is 3.28. The Balaban J connectivity index is 2.78. The molecule has 0 aliphatic heterocycles. The lowest BCUT2D eigenvalue weighted by Crippen LogP contribution is -2.28. The Morgan fingerprint density at radius 1 is 1.30 bits per heavy atom. The molecule has 0 unspecified atom stereocenters. The zero-order valence-electron chi connectivity index (χ0n) is 10.0. The number of hydrogen-bond acceptors (Lipinski definition) is 5. The maximum Gasteiger partial charge on any atom is 0.406 e. The van der Waals surface area contributed by atoms with E-state index in [-0.39, 0.29) is 11.0 Å². The topological polar surface area (TPSA) is 81.9 Å². The minimum absolute atomic E-state index is 0.140. The van der Waals surface area contributed by atoms with Crippen molar-refractivity contribution in [1.29, 1.82) is 0 Å². The average molecular weight is 307 g/mol. The van der Waals surface area contributed by atoms with Gasteiger partial charge >= 0.3 is 6.18 Å². The first-order valence-corrected chi connectivity index (χ1v) is 7.10. The minimum atomic E-state index is -4.63. The summed E-state index contributed by atoms with van der Waals surface area (Å²) in [6.45, 7) is -1.55. The number of alkyl halides is 3. The van der Waals surface area contributed by atoms with E-state index in [0.29, 0.717) is 4.57 Å². The smallest absolute Gasteiger partial charge is 0.283 e. The first-order chi connectivity index (χ1) is 9.08. The van der Waals surface area contributed by atoms with Gasteiger partial charge in [-0.3, -0.25) is 9.36 Å². The maximum atomic E-state index is 12.5. The summed E-state index contributed by atoms with van der Waals surface area (Å²) < 4.78 is 60.4. The van der Waals surface area contributed by atoms with Gasteiger partial charge in [-0.2, -0.15) is 18.2 Å². The molecule has 20 heavy (non-hydrogen) atoms. The van der Waals surface area contributed by atoms with Crippen LogP contribution in [0.5, 0.6) is 0 Å². The van der Waals surface area contributed by atoms with E-state index in [1.165, 1.54) is 6.07 Å². The predicted octanol–water partition coefficient (Wildman–Crippen LogP) is 0.757. The quantitative estimate of drug-likeness (QED) is 0.765. The van der Waals surface area contributed by atoms with Crippen LogP contribution in [0.3, 0.4) is 0 Å². The molecule has 0 bridgehead atoms. The minimum Gasteiger partial charge on any atom is -0.283 e. The first-order valence-electron chi connectivity index (χ1n) is 5.21. The van der Waals surface area contributed by atoms with E-state index in [4.69, 9.17) is 0 Å². The van der Waals surface area contributed by atoms with Gasteiger partial charge in [0.2, 0.25) is 15.0 Å². The normalized spacial score (nSPS) is 12.8. The molecule has 10 heteroatoms. The summed E-state index contributed by atoms with van der Waals surface area (Å²) in [6, 6.07) is 2.17. The summed E-state index contributed by atoms with van der Waals surface area (Å²) in [5, 5.41) is -0.493. The van der Waals surface area contributed by atoms with Crippen LogP contribution in [0.2, 0.25) is 0 Å². The van der Waals surface area contributed by atoms with Crippen LogP contribution in [-0.2, 0) is 16.4 Å². The van der Waals surface area contributed by atoms with E-state index in [2.05, 4.69) is 9.97 Å². The molecule has 0 fully saturated rings. The van der Waals surface area contributed by atoms with Crippen LogP contribution in [0.15, 0.2) is 28.3 Å². The lowest BCUT2D eigenvalue weighted by molar-refractivity contribution is -0.140. The molecule has 0 aliphatic rings. The number of hydrogen-bond donors (Lipinski definition) is 0. The third kappa shape index (κ3) is 2.95. The van der Waals surface area contributed by atoms with Crippen LogP contribution in [0.1, 0.15) is 0 Å². The van der Waals surface area contributed by atoms with Gasteiger partial charge < -0.3 is 0 Å². The highest BCUT2D eigenvalue weighted by atomic mass is 32.2. The van der Waals surface area contributed by atoms with Crippen molar-refractivity contribution in [2.75, 3.05) is 6.26 Å². The Morgan fingerprint density at radius 3 is 2.50 bits per heavy atom. The number of pyridine rings is 1. The molecule has 6 nitrogen and oxygen atoms in total. The number of sulfone groups is 1. The SMILES string of the molecule is CS(=O)(=O)c1ncc2ccc(=O)n(CC(F)(F)F)c2n1. The molecule has 2 heterocycles. The Hall–Kier alpha value is -1.97. The summed E-state index contributed by atoms with van der Waals surface area (Å²) >= 11 is 0. The van der Waals surface area contributed by atoms with Gasteiger partial charge in [0.25, 0.3) is 5.56 Å². The van der Waals surface area contributed by atoms with E-state index in [1.807, 2.05) is 0 Å². The second-order valence-corrected chi connectivity index (χ2v) is 5.99. The number of aromatic nitrogens is 3. The van der Waals surface area contributed by atoms with E-state index in [1.54, 1.807) is 0 Å². The molecule has 0 spiro atoms. The molecule has 2 aromatic heterocycles. The summed E-state index contributed by atoms with van der Waals surface area (Å²) in [5.74, 6) is 0. The van der Waals surface area contributed by atoms with Crippen molar-refractivity contribution in [1.82, 2.24) is 14.5 Å². The molecule has 0 radical (unpaired) electrons. The van der Waals surface area contributed by atoms with Gasteiger partial charge in [0, 0.05) is 23.9 Å². The Bertz CT molecular complexity index is 827. The molecular formula is C10H8F3N3O3S. The monoisotopic (exact) mass is 307 g/mol. The number of fused-ring (bicyclic) bond motifs is 1. The van der Waals surface area contributed by atoms with Gasteiger partial charge in [-0.05, 0) is 6.07 Å². The molecule has 0 aliphatic carbocycles. The molecule has 108 valence electrons. The fourth-order valence-corrected chi connectivity index (χ4v) is 2.06. The van der Waals surface area contributed by atoms with Crippen molar-refractivity contribution in [3.63, 3.8) is 0 Å². The van der Waals surface area contributed by atoms with Crippen molar-refractivity contribution in [3.8, 4) is 0 Å². The molecule has 2 rings (SSSR count). The van der Waals surface area contributed by atoms with Crippen LogP contribution in [-0.4, -0.2) is 35.4 Å². The highest BCUT2D eigenvalue weighted by molar-refractivity contribution is 7.90. The lowest BCUT2D eigenvalue weighted by atomic mass is 10.3. The molecule has 0 saturated carbocycles. The standard InChI is InChI=1S/C10H8F3N3O3S/c1-20(18,19)9-14-4-6-2-3-7(17)16(8(6)15-9)5-10(11,12)13/h2-4H,5H2,1H3. The molecule has 0 aromatic carbocycles. The van der Waals surface area contributed by atoms with Crippen LogP contribution in [0.25, 0.3) is 11.0 Å². The highest BCUT2D eigenvalue weighted by Crippen LogP contribution is 2.19. The maximum absolute atomic E-state index is 12.5. The van der Waals surface area contributed by atoms with Crippen molar-refractivity contribution >= 4 is 20.9 Å². The van der Waals surface area contributed by atoms with Crippen molar-refractivity contribution in [2.45, 2.75) is 17.9 Å². The zero-order chi connectivity index (χ0) is 15.1. The fourth-order valence-electron chi connectivity index (χ4n) is 1.57. The predicted molar refractivity (Wildman–Crippen MR) is 63.0 cm³/mol. The Labute approximate surface area is 110 Å². The van der Waals surface area contributed by atoms with Crippen LogP contribution >= 0.6 is 0 Å². The Morgan fingerprint density at radius 2 is 1.95 bits per heavy atom. The lowest BCUT2D eigenvalue weighted by Gasteiger charge is -2.11. The summed E-state index contributed by atoms with van der Waals surface area (Å²) in [4.78, 5) is 18.6. The molecular weight excluding hydrogens is 299 g/mol. The molecule has 0 amide bonds. The second kappa shape index (κ2) is 4.54. The summed E-state index contributed by atoms with van der Waals surface area (Å²) in [6.07, 6.45) is -2.75. The van der Waals surface area contributed by atoms with Crippen molar-refractivity contribution < 1.29 is 21.6 Å². The number of rotatable bonds is 2. The molecule has 0 atom stereocenters. The van der Waals surface area contributed by atoms with Gasteiger partial charge in [0.1, 0.15) is 12.2 Å². The van der Waals surface area contributed by atoms with Crippen LogP contribution < -0.4 is 5.56 Å². The summed E-state index contributed by atoms with van der Waals surface area (Å²) in [5.41, 5.74) is -1.29. The molecule has 2 aromatic rings. The summed E-state index contributed by atoms with van der Waals surface area (Å²) in [7, 11) is -3.79. The van der Waals surface area contributed by atoms with Gasteiger partial charge in [0.05, 0.1) is 0 Å². The molecule has 0 saturated heterocycles. The highest BCUT2D eigenvalue weighted by Gasteiger charge is 2.29. The van der Waals surface area contributed by atoms with Crippen LogP contribution in [0.4, 0.5) is 13.2 Å². The zero-order valence-corrected chi connectivity index (χ0v) is 10.9. The number of nitrogens with zero attached hydrogens (tertiary/aromatic N) is 3. The largest absolute Gasteiger partial charge is 0.406 e. The van der Waals surface area contributed by atoms with Crippen molar-refractivity contribution in [3.05, 3.63) is 28.7 Å². The van der Waals surface area contributed by atoms with Gasteiger partial charge in [-0.25, -0.2) is 13.4 Å². The third-order valence-electron chi connectivity index (χ3n) is 2.37. The fraction of sp³-hybridized carbons (Fsp3) is 0.300. The average Bonchev–Trinajstić information content (AvgIpc) is 2.30. The van der Waals surface area contributed by atoms with E-state index >= 15 is 0 Å². The van der Waals surface area contributed by atoms with Crippen molar-refractivity contribution in [2.24, 2.45) is 0 Å². The second-order valence-electron chi connectivity index (χ2n) is 4.08. The van der Waals surface area contributed by atoms with Gasteiger partial charge in [-0.1, -0.05) is 0 Å². The first kappa shape index (κ1) is 14.4. The third-order valence-corrected chi connectivity index (χ3v) is 3.23.